The molecule has 20 heavy (non-hydrogen) atoms. The third kappa shape index (κ3) is 3.10. The van der Waals surface area contributed by atoms with E-state index >= 15 is 0 Å². The van der Waals surface area contributed by atoms with Gasteiger partial charge in [-0.15, -0.1) is 0 Å². The average molecular weight is 276 g/mol. The maximum Gasteiger partial charge on any atom is 0.330 e. The zero-order valence-corrected chi connectivity index (χ0v) is 12.6. The van der Waals surface area contributed by atoms with E-state index in [0.29, 0.717) is 11.8 Å². The van der Waals surface area contributed by atoms with Gasteiger partial charge < -0.3 is 4.74 Å². The lowest BCUT2D eigenvalue weighted by Gasteiger charge is -2.43. The molecule has 3 unspecified atom stereocenters. The maximum atomic E-state index is 11.7. The van der Waals surface area contributed by atoms with Crippen molar-refractivity contribution in [2.75, 3.05) is 0 Å². The molecule has 0 aromatic rings. The second kappa shape index (κ2) is 6.32. The predicted octanol–water partition coefficient (Wildman–Crippen LogP) is 4.49. The molecule has 0 spiro atoms. The molecule has 3 saturated carbocycles. The van der Waals surface area contributed by atoms with Crippen molar-refractivity contribution >= 4 is 5.97 Å². The molecule has 3 rings (SSSR count). The van der Waals surface area contributed by atoms with Crippen LogP contribution in [0.25, 0.3) is 0 Å². The first-order valence-corrected chi connectivity index (χ1v) is 8.59. The summed E-state index contributed by atoms with van der Waals surface area (Å²) in [6, 6.07) is 0. The number of hydrogen-bond donors (Lipinski definition) is 0. The lowest BCUT2D eigenvalue weighted by molar-refractivity contribution is -0.151. The summed E-state index contributed by atoms with van der Waals surface area (Å²) >= 11 is 0. The molecule has 3 aliphatic rings. The molecular formula is C18H28O2. The Morgan fingerprint density at radius 2 is 1.60 bits per heavy atom. The van der Waals surface area contributed by atoms with Crippen molar-refractivity contribution in [2.24, 2.45) is 23.7 Å². The molecule has 0 radical (unpaired) electrons. The first-order chi connectivity index (χ1) is 9.76. The number of hydrogen-bond acceptors (Lipinski definition) is 2. The highest BCUT2D eigenvalue weighted by Gasteiger charge is 2.40. The lowest BCUT2D eigenvalue weighted by atomic mass is 9.65. The molecule has 0 aromatic carbocycles. The van der Waals surface area contributed by atoms with Gasteiger partial charge in [-0.2, -0.15) is 0 Å². The molecule has 3 aliphatic carbocycles. The molecule has 0 N–H and O–H groups in total. The monoisotopic (exact) mass is 276 g/mol. The van der Waals surface area contributed by atoms with Gasteiger partial charge in [0.2, 0.25) is 0 Å². The Kier molecular flexibility index (Phi) is 4.48. The van der Waals surface area contributed by atoms with E-state index in [9.17, 15) is 4.79 Å². The van der Waals surface area contributed by atoms with Crippen LogP contribution in [0.3, 0.4) is 0 Å². The van der Waals surface area contributed by atoms with Crippen LogP contribution in [0.1, 0.15) is 64.2 Å². The smallest absolute Gasteiger partial charge is 0.330 e. The predicted molar refractivity (Wildman–Crippen MR) is 80.2 cm³/mol. The van der Waals surface area contributed by atoms with E-state index in [4.69, 9.17) is 4.74 Å². The van der Waals surface area contributed by atoms with Gasteiger partial charge in [0, 0.05) is 6.08 Å². The number of carbonyl (C=O) groups is 1. The minimum absolute atomic E-state index is 0.173. The van der Waals surface area contributed by atoms with Gasteiger partial charge in [-0.3, -0.25) is 0 Å². The molecule has 112 valence electrons. The van der Waals surface area contributed by atoms with Gasteiger partial charge in [0.15, 0.2) is 0 Å². The Morgan fingerprint density at radius 3 is 2.20 bits per heavy atom. The summed E-state index contributed by atoms with van der Waals surface area (Å²) in [6.45, 7) is 3.57. The van der Waals surface area contributed by atoms with Crippen LogP contribution in [0.15, 0.2) is 12.7 Å². The summed E-state index contributed by atoms with van der Waals surface area (Å²) < 4.78 is 5.83. The van der Waals surface area contributed by atoms with E-state index in [1.165, 1.54) is 70.3 Å². The van der Waals surface area contributed by atoms with Gasteiger partial charge in [-0.05, 0) is 55.8 Å². The summed E-state index contributed by atoms with van der Waals surface area (Å²) in [5.74, 6) is 2.82. The van der Waals surface area contributed by atoms with Crippen molar-refractivity contribution < 1.29 is 9.53 Å². The van der Waals surface area contributed by atoms with Crippen molar-refractivity contribution in [1.29, 1.82) is 0 Å². The molecular weight excluding hydrogens is 248 g/mol. The van der Waals surface area contributed by atoms with Crippen LogP contribution in [0.4, 0.5) is 0 Å². The molecule has 2 nitrogen and oxygen atoms in total. The van der Waals surface area contributed by atoms with Gasteiger partial charge in [0.1, 0.15) is 6.10 Å². The maximum absolute atomic E-state index is 11.7. The molecule has 0 saturated heterocycles. The van der Waals surface area contributed by atoms with Gasteiger partial charge in [0.25, 0.3) is 0 Å². The molecule has 0 heterocycles. The van der Waals surface area contributed by atoms with Crippen molar-refractivity contribution in [3.63, 3.8) is 0 Å². The Balaban J connectivity index is 1.70. The van der Waals surface area contributed by atoms with Gasteiger partial charge in [-0.1, -0.05) is 38.7 Å². The van der Waals surface area contributed by atoms with Crippen LogP contribution in [0, 0.1) is 23.7 Å². The first-order valence-electron chi connectivity index (χ1n) is 8.59. The Labute approximate surface area is 123 Å². The Morgan fingerprint density at radius 1 is 0.950 bits per heavy atom. The fraction of sp³-hybridized carbons (Fsp3) is 0.833. The van der Waals surface area contributed by atoms with Crippen LogP contribution >= 0.6 is 0 Å². The van der Waals surface area contributed by atoms with Crippen molar-refractivity contribution in [3.05, 3.63) is 12.7 Å². The summed E-state index contributed by atoms with van der Waals surface area (Å²) in [7, 11) is 0. The highest BCUT2D eigenvalue weighted by molar-refractivity contribution is 5.81. The van der Waals surface area contributed by atoms with Gasteiger partial charge >= 0.3 is 5.97 Å². The highest BCUT2D eigenvalue weighted by Crippen LogP contribution is 2.46. The zero-order chi connectivity index (χ0) is 13.9. The number of rotatable bonds is 4. The Bertz CT molecular complexity index is 344. The van der Waals surface area contributed by atoms with E-state index in [1.54, 1.807) is 0 Å². The Hall–Kier alpha value is -0.790. The normalized spacial score (nSPS) is 35.5. The molecule has 0 aliphatic heterocycles. The number of carbonyl (C=O) groups excluding carboxylic acids is 1. The minimum Gasteiger partial charge on any atom is -0.459 e. The van der Waals surface area contributed by atoms with Crippen molar-refractivity contribution in [2.45, 2.75) is 70.3 Å². The third-order valence-electron chi connectivity index (χ3n) is 5.91. The fourth-order valence-corrected chi connectivity index (χ4v) is 5.10. The minimum atomic E-state index is -0.211. The highest BCUT2D eigenvalue weighted by atomic mass is 16.5. The van der Waals surface area contributed by atoms with Crippen LogP contribution in [0.5, 0.6) is 0 Å². The van der Waals surface area contributed by atoms with E-state index < -0.39 is 0 Å². The molecule has 0 amide bonds. The molecule has 2 bridgehead atoms. The van der Waals surface area contributed by atoms with Gasteiger partial charge in [-0.25, -0.2) is 4.79 Å². The van der Waals surface area contributed by atoms with Crippen LogP contribution in [0.2, 0.25) is 0 Å². The summed E-state index contributed by atoms with van der Waals surface area (Å²) in [5, 5.41) is 0. The quantitative estimate of drug-likeness (QED) is 0.558. The van der Waals surface area contributed by atoms with E-state index in [0.717, 1.165) is 11.8 Å². The second-order valence-electron chi connectivity index (χ2n) is 7.28. The number of esters is 1. The summed E-state index contributed by atoms with van der Waals surface area (Å²) in [4.78, 5) is 11.7. The van der Waals surface area contributed by atoms with Gasteiger partial charge in [0.05, 0.1) is 0 Å². The third-order valence-corrected chi connectivity index (χ3v) is 5.91. The largest absolute Gasteiger partial charge is 0.459 e. The molecule has 3 atom stereocenters. The van der Waals surface area contributed by atoms with Crippen molar-refractivity contribution in [3.8, 4) is 0 Å². The first kappa shape index (κ1) is 14.2. The molecule has 0 aromatic heterocycles. The van der Waals surface area contributed by atoms with Crippen LogP contribution in [-0.2, 0) is 9.53 Å². The molecule has 2 heteroatoms. The number of fused-ring (bicyclic) bond motifs is 2. The average Bonchev–Trinajstić information content (AvgIpc) is 2.97. The van der Waals surface area contributed by atoms with Crippen molar-refractivity contribution in [1.82, 2.24) is 0 Å². The van der Waals surface area contributed by atoms with Crippen LogP contribution in [-0.4, -0.2) is 12.1 Å². The second-order valence-corrected chi connectivity index (χ2v) is 7.28. The molecule has 3 fully saturated rings. The van der Waals surface area contributed by atoms with E-state index in [2.05, 4.69) is 6.58 Å². The SMILES string of the molecule is C=CC(=O)OC(C1CCCC1)C1CC2CCCC(C2)C1. The lowest BCUT2D eigenvalue weighted by Crippen LogP contribution is -2.39. The van der Waals surface area contributed by atoms with Crippen LogP contribution < -0.4 is 0 Å². The standard InChI is InChI=1S/C18H28O2/c1-2-17(19)20-18(15-8-3-4-9-15)16-11-13-6-5-7-14(10-13)12-16/h2,13-16,18H,1,3-12H2. The summed E-state index contributed by atoms with van der Waals surface area (Å²) in [5.41, 5.74) is 0. The topological polar surface area (TPSA) is 26.3 Å². The van der Waals surface area contributed by atoms with E-state index in [1.807, 2.05) is 0 Å². The fourth-order valence-electron chi connectivity index (χ4n) is 5.10. The number of ether oxygens (including phenoxy) is 1. The van der Waals surface area contributed by atoms with E-state index in [-0.39, 0.29) is 12.1 Å². The summed E-state index contributed by atoms with van der Waals surface area (Å²) in [6.07, 6.45) is 14.9. The zero-order valence-electron chi connectivity index (χ0n) is 12.6.